The highest BCUT2D eigenvalue weighted by Gasteiger charge is 2.22. The Morgan fingerprint density at radius 2 is 2.11 bits per heavy atom. The number of aromatic carboxylic acids is 1. The maximum absolute atomic E-state index is 11.3. The first-order valence-electron chi connectivity index (χ1n) is 6.92. The fraction of sp³-hybridized carbons (Fsp3) is 0.714. The zero-order valence-electron chi connectivity index (χ0n) is 11.8. The number of hydrogen-bond donors (Lipinski definition) is 1. The number of carboxylic acids is 1. The smallest absolute Gasteiger partial charge is 0.355 e. The maximum Gasteiger partial charge on any atom is 0.355 e. The molecule has 0 atom stereocenters. The summed E-state index contributed by atoms with van der Waals surface area (Å²) in [6.45, 7) is 9.25. The van der Waals surface area contributed by atoms with Gasteiger partial charge < -0.3 is 5.11 Å². The summed E-state index contributed by atoms with van der Waals surface area (Å²) in [5.41, 5.74) is 0.257. The lowest BCUT2D eigenvalue weighted by molar-refractivity contribution is 0.0688. The van der Waals surface area contributed by atoms with E-state index in [1.165, 1.54) is 12.8 Å². The average molecular weight is 282 g/mol. The van der Waals surface area contributed by atoms with Gasteiger partial charge in [0, 0.05) is 12.5 Å². The van der Waals surface area contributed by atoms with Crippen LogP contribution in [0.3, 0.4) is 0 Å². The summed E-state index contributed by atoms with van der Waals surface area (Å²) < 4.78 is 0. The Bertz CT molecular complexity index is 448. The number of likely N-dealkylation sites (tertiary alicyclic amines) is 1. The molecule has 0 aliphatic carbocycles. The van der Waals surface area contributed by atoms with Crippen LogP contribution in [0.1, 0.15) is 59.9 Å². The summed E-state index contributed by atoms with van der Waals surface area (Å²) >= 11 is 1.56. The summed E-state index contributed by atoms with van der Waals surface area (Å²) in [7, 11) is 0. The number of rotatable bonds is 4. The van der Waals surface area contributed by atoms with Gasteiger partial charge in [-0.25, -0.2) is 9.78 Å². The fourth-order valence-electron chi connectivity index (χ4n) is 2.31. The molecule has 1 N–H and O–H groups in total. The van der Waals surface area contributed by atoms with Crippen LogP contribution in [0.5, 0.6) is 0 Å². The highest BCUT2D eigenvalue weighted by molar-refractivity contribution is 7.12. The predicted molar refractivity (Wildman–Crippen MR) is 76.8 cm³/mol. The third-order valence-electron chi connectivity index (χ3n) is 3.65. The van der Waals surface area contributed by atoms with E-state index in [0.717, 1.165) is 35.4 Å². The van der Waals surface area contributed by atoms with Crippen molar-refractivity contribution in [2.75, 3.05) is 13.1 Å². The molecule has 5 heteroatoms. The van der Waals surface area contributed by atoms with Crippen LogP contribution in [0.2, 0.25) is 0 Å². The molecule has 1 aliphatic rings. The Morgan fingerprint density at radius 1 is 1.47 bits per heavy atom. The Balaban J connectivity index is 2.12. The van der Waals surface area contributed by atoms with Crippen molar-refractivity contribution >= 4 is 17.3 Å². The Labute approximate surface area is 118 Å². The molecule has 0 unspecified atom stereocenters. The van der Waals surface area contributed by atoms with Crippen molar-refractivity contribution in [3.8, 4) is 0 Å². The Hall–Kier alpha value is -0.940. The average Bonchev–Trinajstić information content (AvgIpc) is 2.76. The summed E-state index contributed by atoms with van der Waals surface area (Å²) in [4.78, 5) is 18.8. The molecule has 0 amide bonds. The zero-order chi connectivity index (χ0) is 14.0. The van der Waals surface area contributed by atoms with Crippen molar-refractivity contribution in [1.82, 2.24) is 9.88 Å². The van der Waals surface area contributed by atoms with Crippen LogP contribution in [0.15, 0.2) is 0 Å². The lowest BCUT2D eigenvalue weighted by Crippen LogP contribution is -2.32. The molecule has 0 spiro atoms. The van der Waals surface area contributed by atoms with Crippen LogP contribution in [-0.2, 0) is 6.54 Å². The fourth-order valence-corrected chi connectivity index (χ4v) is 3.42. The van der Waals surface area contributed by atoms with E-state index in [4.69, 9.17) is 0 Å². The quantitative estimate of drug-likeness (QED) is 0.921. The van der Waals surface area contributed by atoms with Gasteiger partial charge in [0.15, 0.2) is 5.69 Å². The second kappa shape index (κ2) is 6.01. The third-order valence-corrected chi connectivity index (χ3v) is 4.99. The topological polar surface area (TPSA) is 53.4 Å². The maximum atomic E-state index is 11.3. The van der Waals surface area contributed by atoms with Crippen molar-refractivity contribution in [1.29, 1.82) is 0 Å². The monoisotopic (exact) mass is 282 g/mol. The first kappa shape index (κ1) is 14.5. The molecule has 1 aliphatic heterocycles. The molecule has 0 saturated carbocycles. The van der Waals surface area contributed by atoms with Crippen LogP contribution in [0.4, 0.5) is 0 Å². The summed E-state index contributed by atoms with van der Waals surface area (Å²) in [6.07, 6.45) is 2.41. The van der Waals surface area contributed by atoms with E-state index in [-0.39, 0.29) is 5.69 Å². The van der Waals surface area contributed by atoms with E-state index < -0.39 is 5.97 Å². The largest absolute Gasteiger partial charge is 0.476 e. The van der Waals surface area contributed by atoms with Crippen molar-refractivity contribution in [2.24, 2.45) is 5.92 Å². The molecule has 106 valence electrons. The third kappa shape index (κ3) is 3.54. The number of carboxylic acid groups (broad SMARTS) is 1. The van der Waals surface area contributed by atoms with Crippen LogP contribution in [0, 0.1) is 5.92 Å². The van der Waals surface area contributed by atoms with Crippen LogP contribution in [-0.4, -0.2) is 34.0 Å². The number of aromatic nitrogens is 1. The molecular weight excluding hydrogens is 260 g/mol. The van der Waals surface area contributed by atoms with Gasteiger partial charge in [0.2, 0.25) is 0 Å². The van der Waals surface area contributed by atoms with E-state index in [0.29, 0.717) is 5.92 Å². The van der Waals surface area contributed by atoms with E-state index in [1.807, 2.05) is 0 Å². The molecule has 1 fully saturated rings. The molecule has 0 radical (unpaired) electrons. The van der Waals surface area contributed by atoms with Gasteiger partial charge in [0.05, 0.1) is 9.88 Å². The van der Waals surface area contributed by atoms with Crippen molar-refractivity contribution in [3.05, 3.63) is 15.6 Å². The molecule has 1 aromatic rings. The van der Waals surface area contributed by atoms with Gasteiger partial charge in [-0.05, 0) is 31.8 Å². The summed E-state index contributed by atoms with van der Waals surface area (Å²) in [6, 6.07) is 0. The van der Waals surface area contributed by atoms with E-state index in [9.17, 15) is 9.90 Å². The molecule has 19 heavy (non-hydrogen) atoms. The van der Waals surface area contributed by atoms with E-state index in [1.54, 1.807) is 11.3 Å². The molecular formula is C14H22N2O2S. The number of carbonyl (C=O) groups is 1. The summed E-state index contributed by atoms with van der Waals surface area (Å²) in [5.74, 6) is 0.185. The van der Waals surface area contributed by atoms with Crippen LogP contribution < -0.4 is 0 Å². The number of piperidine rings is 1. The normalized spacial score (nSPS) is 18.1. The van der Waals surface area contributed by atoms with Gasteiger partial charge in [-0.15, -0.1) is 11.3 Å². The predicted octanol–water partition coefficient (Wildman–Crippen LogP) is 3.20. The molecule has 0 aromatic carbocycles. The van der Waals surface area contributed by atoms with Gasteiger partial charge in [-0.3, -0.25) is 4.90 Å². The van der Waals surface area contributed by atoms with Gasteiger partial charge >= 0.3 is 5.97 Å². The minimum atomic E-state index is -0.900. The summed E-state index contributed by atoms with van der Waals surface area (Å²) in [5, 5.41) is 10.2. The molecule has 0 bridgehead atoms. The molecule has 1 saturated heterocycles. The molecule has 2 heterocycles. The highest BCUT2D eigenvalue weighted by atomic mass is 32.1. The van der Waals surface area contributed by atoms with E-state index in [2.05, 4.69) is 30.7 Å². The molecule has 1 aromatic heterocycles. The second-order valence-electron chi connectivity index (χ2n) is 5.74. The molecule has 4 nitrogen and oxygen atoms in total. The van der Waals surface area contributed by atoms with E-state index >= 15 is 0 Å². The van der Waals surface area contributed by atoms with Gasteiger partial charge in [-0.1, -0.05) is 20.8 Å². The number of thiazole rings is 1. The minimum absolute atomic E-state index is 0.257. The molecule has 2 rings (SSSR count). The Kier molecular flexibility index (Phi) is 4.58. The Morgan fingerprint density at radius 3 is 2.63 bits per heavy atom. The van der Waals surface area contributed by atoms with Gasteiger partial charge in [0.1, 0.15) is 0 Å². The SMILES string of the molecule is CC1CCN(Cc2sc(C(C)C)nc2C(=O)O)CC1. The van der Waals surface area contributed by atoms with Gasteiger partial charge in [-0.2, -0.15) is 0 Å². The van der Waals surface area contributed by atoms with Crippen molar-refractivity contribution < 1.29 is 9.90 Å². The lowest BCUT2D eigenvalue weighted by Gasteiger charge is -2.29. The standard InChI is InChI=1S/C14H22N2O2S/c1-9(2)13-15-12(14(17)18)11(19-13)8-16-6-4-10(3)5-7-16/h9-10H,4-8H2,1-3H3,(H,17,18). The number of nitrogens with zero attached hydrogens (tertiary/aromatic N) is 2. The first-order valence-corrected chi connectivity index (χ1v) is 7.74. The zero-order valence-corrected chi connectivity index (χ0v) is 12.7. The van der Waals surface area contributed by atoms with Crippen molar-refractivity contribution in [2.45, 2.75) is 46.1 Å². The number of hydrogen-bond acceptors (Lipinski definition) is 4. The van der Waals surface area contributed by atoms with Crippen molar-refractivity contribution in [3.63, 3.8) is 0 Å². The van der Waals surface area contributed by atoms with Crippen LogP contribution in [0.25, 0.3) is 0 Å². The first-order chi connectivity index (χ1) is 8.97. The second-order valence-corrected chi connectivity index (χ2v) is 6.86. The highest BCUT2D eigenvalue weighted by Crippen LogP contribution is 2.27. The minimum Gasteiger partial charge on any atom is -0.476 e. The lowest BCUT2D eigenvalue weighted by atomic mass is 9.99. The van der Waals surface area contributed by atoms with Gasteiger partial charge in [0.25, 0.3) is 0 Å². The van der Waals surface area contributed by atoms with Crippen LogP contribution >= 0.6 is 11.3 Å².